The average Bonchev–Trinajstić information content (AvgIpc) is 2.50. The quantitative estimate of drug-likeness (QED) is 0.594. The average molecular weight is 373 g/mol. The number of alkyl halides is 3. The van der Waals surface area contributed by atoms with Crippen molar-refractivity contribution >= 4 is 35.3 Å². The number of carbonyl (C=O) groups is 1. The van der Waals surface area contributed by atoms with Gasteiger partial charge in [0, 0.05) is 23.1 Å². The lowest BCUT2D eigenvalue weighted by atomic mass is 9.85. The van der Waals surface area contributed by atoms with E-state index in [9.17, 15) is 18.0 Å². The van der Waals surface area contributed by atoms with E-state index < -0.39 is 11.4 Å². The van der Waals surface area contributed by atoms with Gasteiger partial charge in [-0.15, -0.1) is 0 Å². The highest BCUT2D eigenvalue weighted by molar-refractivity contribution is 8.00. The molecule has 1 aromatic carbocycles. The van der Waals surface area contributed by atoms with Crippen molar-refractivity contribution < 1.29 is 18.0 Å². The van der Waals surface area contributed by atoms with E-state index in [-0.39, 0.29) is 28.3 Å². The smallest absolute Gasteiger partial charge is 0.345 e. The van der Waals surface area contributed by atoms with Crippen LogP contribution in [0.1, 0.15) is 23.7 Å². The van der Waals surface area contributed by atoms with E-state index in [4.69, 9.17) is 5.26 Å². The van der Waals surface area contributed by atoms with Crippen LogP contribution in [-0.4, -0.2) is 23.7 Å². The number of hydrogen-bond donors (Lipinski definition) is 2. The van der Waals surface area contributed by atoms with E-state index in [1.807, 2.05) is 6.07 Å². The van der Waals surface area contributed by atoms with Crippen LogP contribution in [0.3, 0.4) is 0 Å². The number of benzene rings is 1. The highest BCUT2D eigenvalue weighted by atomic mass is 32.2. The van der Waals surface area contributed by atoms with Crippen molar-refractivity contribution in [3.8, 4) is 6.07 Å². The third-order valence-electron chi connectivity index (χ3n) is 3.53. The summed E-state index contributed by atoms with van der Waals surface area (Å²) in [4.78, 5) is 12.4. The minimum absolute atomic E-state index is 0.0575. The summed E-state index contributed by atoms with van der Waals surface area (Å²) in [7, 11) is 0. The van der Waals surface area contributed by atoms with Crippen LogP contribution in [0.4, 0.5) is 18.9 Å². The van der Waals surface area contributed by atoms with Crippen LogP contribution in [-0.2, 0) is 0 Å². The lowest BCUT2D eigenvalue weighted by molar-refractivity contribution is -0.0328. The van der Waals surface area contributed by atoms with E-state index in [2.05, 4.69) is 10.0 Å². The standard InChI is InChI=1S/C15H14F3N3OS2/c1-8-9(7-19)5-13(8)20-14(22)11-6-10(24-15(16,17)18)3-4-12(11)21-23-2/h3-4,6,13,21H,5H2,1-2H3,(H,20,22). The topological polar surface area (TPSA) is 64.9 Å². The van der Waals surface area contributed by atoms with Gasteiger partial charge in [-0.25, -0.2) is 0 Å². The number of hydrogen-bond acceptors (Lipinski definition) is 5. The van der Waals surface area contributed by atoms with E-state index in [1.165, 1.54) is 30.1 Å². The molecule has 1 unspecified atom stereocenters. The van der Waals surface area contributed by atoms with Gasteiger partial charge in [-0.05, 0) is 42.5 Å². The summed E-state index contributed by atoms with van der Waals surface area (Å²) in [5.41, 5.74) is -2.43. The monoisotopic (exact) mass is 373 g/mol. The van der Waals surface area contributed by atoms with Crippen molar-refractivity contribution in [1.29, 1.82) is 5.26 Å². The molecule has 128 valence electrons. The molecule has 0 fully saturated rings. The summed E-state index contributed by atoms with van der Waals surface area (Å²) in [6.45, 7) is 1.75. The Morgan fingerprint density at radius 3 is 2.67 bits per heavy atom. The van der Waals surface area contributed by atoms with Gasteiger partial charge in [0.05, 0.1) is 23.4 Å². The zero-order valence-corrected chi connectivity index (χ0v) is 14.5. The molecule has 2 rings (SSSR count). The third-order valence-corrected chi connectivity index (χ3v) is 4.67. The molecule has 4 nitrogen and oxygen atoms in total. The molecule has 0 aliphatic heterocycles. The van der Waals surface area contributed by atoms with Gasteiger partial charge in [-0.3, -0.25) is 4.79 Å². The van der Waals surface area contributed by atoms with Gasteiger partial charge in [0.2, 0.25) is 0 Å². The van der Waals surface area contributed by atoms with Crippen LogP contribution in [0.25, 0.3) is 0 Å². The van der Waals surface area contributed by atoms with Crippen molar-refractivity contribution in [1.82, 2.24) is 5.32 Å². The van der Waals surface area contributed by atoms with Gasteiger partial charge in [-0.1, -0.05) is 11.9 Å². The Labute approximate surface area is 146 Å². The van der Waals surface area contributed by atoms with Crippen molar-refractivity contribution in [2.45, 2.75) is 29.8 Å². The number of halogens is 3. The molecule has 0 saturated heterocycles. The fraction of sp³-hybridized carbons (Fsp3) is 0.333. The molecule has 1 aliphatic carbocycles. The lowest BCUT2D eigenvalue weighted by Gasteiger charge is -2.29. The largest absolute Gasteiger partial charge is 0.446 e. The highest BCUT2D eigenvalue weighted by Crippen LogP contribution is 2.38. The molecule has 1 amide bonds. The van der Waals surface area contributed by atoms with E-state index in [1.54, 1.807) is 13.2 Å². The maximum Gasteiger partial charge on any atom is 0.446 e. The second-order valence-corrected chi connectivity index (χ2v) is 6.82. The van der Waals surface area contributed by atoms with Gasteiger partial charge >= 0.3 is 5.51 Å². The van der Waals surface area contributed by atoms with Crippen molar-refractivity contribution in [2.75, 3.05) is 11.0 Å². The van der Waals surface area contributed by atoms with Gasteiger partial charge < -0.3 is 10.0 Å². The fourth-order valence-corrected chi connectivity index (χ4v) is 3.21. The number of rotatable bonds is 5. The van der Waals surface area contributed by atoms with Crippen LogP contribution in [0.5, 0.6) is 0 Å². The Bertz CT molecular complexity index is 726. The van der Waals surface area contributed by atoms with Gasteiger partial charge in [0.25, 0.3) is 5.91 Å². The summed E-state index contributed by atoms with van der Waals surface area (Å²) in [6.07, 6.45) is 2.19. The summed E-state index contributed by atoms with van der Waals surface area (Å²) < 4.78 is 40.5. The molecule has 0 spiro atoms. The van der Waals surface area contributed by atoms with E-state index >= 15 is 0 Å². The first kappa shape index (κ1) is 18.5. The summed E-state index contributed by atoms with van der Waals surface area (Å²) in [5.74, 6) is -0.475. The molecule has 24 heavy (non-hydrogen) atoms. The minimum atomic E-state index is -4.42. The normalized spacial score (nSPS) is 17.1. The first-order chi connectivity index (χ1) is 11.2. The number of nitrogens with zero attached hydrogens (tertiary/aromatic N) is 1. The molecule has 9 heteroatoms. The molecule has 0 saturated carbocycles. The molecule has 1 atom stereocenters. The number of thioether (sulfide) groups is 1. The summed E-state index contributed by atoms with van der Waals surface area (Å²) >= 11 is 0.972. The van der Waals surface area contributed by atoms with Crippen molar-refractivity contribution in [3.05, 3.63) is 34.9 Å². The molecule has 0 heterocycles. The van der Waals surface area contributed by atoms with Crippen LogP contribution in [0.2, 0.25) is 0 Å². The Balaban J connectivity index is 2.23. The fourth-order valence-electron chi connectivity index (χ4n) is 2.23. The molecule has 1 aliphatic rings. The maximum atomic E-state index is 12.5. The highest BCUT2D eigenvalue weighted by Gasteiger charge is 2.31. The second kappa shape index (κ2) is 7.40. The Morgan fingerprint density at radius 1 is 1.42 bits per heavy atom. The third kappa shape index (κ3) is 4.39. The Morgan fingerprint density at radius 2 is 2.12 bits per heavy atom. The maximum absolute atomic E-state index is 12.5. The van der Waals surface area contributed by atoms with Crippen molar-refractivity contribution in [2.24, 2.45) is 0 Å². The van der Waals surface area contributed by atoms with Crippen LogP contribution in [0, 0.1) is 11.3 Å². The number of nitriles is 1. The van der Waals surface area contributed by atoms with Crippen molar-refractivity contribution in [3.63, 3.8) is 0 Å². The Kier molecular flexibility index (Phi) is 5.72. The molecule has 1 aromatic rings. The first-order valence-electron chi connectivity index (χ1n) is 6.84. The number of carbonyl (C=O) groups excluding carboxylic acids is 1. The predicted octanol–water partition coefficient (Wildman–Crippen LogP) is 4.33. The molecular formula is C15H14F3N3OS2. The van der Waals surface area contributed by atoms with Crippen LogP contribution in [0.15, 0.2) is 34.2 Å². The molecule has 0 bridgehead atoms. The zero-order valence-electron chi connectivity index (χ0n) is 12.8. The van der Waals surface area contributed by atoms with E-state index in [0.717, 1.165) is 5.57 Å². The number of nitrogens with one attached hydrogen (secondary N) is 2. The zero-order chi connectivity index (χ0) is 17.9. The molecular weight excluding hydrogens is 359 g/mol. The summed E-state index contributed by atoms with van der Waals surface area (Å²) in [5, 5.41) is 11.6. The van der Waals surface area contributed by atoms with Crippen LogP contribution >= 0.6 is 23.7 Å². The van der Waals surface area contributed by atoms with Gasteiger partial charge in [0.15, 0.2) is 0 Å². The molecule has 2 N–H and O–H groups in total. The van der Waals surface area contributed by atoms with Gasteiger partial charge in [-0.2, -0.15) is 18.4 Å². The minimum Gasteiger partial charge on any atom is -0.345 e. The van der Waals surface area contributed by atoms with Crippen LogP contribution < -0.4 is 10.0 Å². The van der Waals surface area contributed by atoms with Gasteiger partial charge in [0.1, 0.15) is 0 Å². The second-order valence-electron chi connectivity index (χ2n) is 5.06. The SMILES string of the molecule is CSNc1ccc(SC(F)(F)F)cc1C(=O)NC1CC(C#N)=C1C. The molecule has 0 radical (unpaired) electrons. The number of anilines is 1. The number of amides is 1. The Hall–Kier alpha value is -1.79. The first-order valence-corrected chi connectivity index (χ1v) is 8.88. The predicted molar refractivity (Wildman–Crippen MR) is 89.7 cm³/mol. The summed E-state index contributed by atoms with van der Waals surface area (Å²) in [6, 6.07) is 5.77. The lowest BCUT2D eigenvalue weighted by Crippen LogP contribution is -2.41. The molecule has 0 aromatic heterocycles. The van der Waals surface area contributed by atoms with E-state index in [0.29, 0.717) is 17.7 Å².